The van der Waals surface area contributed by atoms with Gasteiger partial charge in [-0.05, 0) is 60.5 Å². The highest BCUT2D eigenvalue weighted by atomic mass is 35.5. The number of rotatable bonds is 4. The average molecular weight is 452 g/mol. The summed E-state index contributed by atoms with van der Waals surface area (Å²) >= 11 is 7.40. The highest BCUT2D eigenvalue weighted by molar-refractivity contribution is 8.14. The predicted molar refractivity (Wildman–Crippen MR) is 128 cm³/mol. The molecule has 0 bridgehead atoms. The first-order valence-electron chi connectivity index (χ1n) is 9.67. The van der Waals surface area contributed by atoms with Crippen LogP contribution in [0.3, 0.4) is 0 Å². The molecule has 3 aromatic carbocycles. The van der Waals surface area contributed by atoms with E-state index in [-0.39, 0.29) is 17.5 Å². The number of carbonyl (C=O) groups excluding carboxylic acids is 1. The maximum atomic E-state index is 13.4. The normalized spacial score (nSPS) is 13.0. The molecule has 4 rings (SSSR count). The van der Waals surface area contributed by atoms with Gasteiger partial charge in [-0.3, -0.25) is 9.79 Å². The van der Waals surface area contributed by atoms with Crippen molar-refractivity contribution in [2.75, 3.05) is 11.1 Å². The van der Waals surface area contributed by atoms with Crippen LogP contribution in [0.2, 0.25) is 5.02 Å². The molecule has 0 aromatic heterocycles. The van der Waals surface area contributed by atoms with E-state index in [1.165, 1.54) is 17.8 Å². The molecular formula is C24H19ClFN3OS. The molecule has 0 saturated heterocycles. The molecular weight excluding hydrogens is 433 g/mol. The van der Waals surface area contributed by atoms with Crippen LogP contribution in [0.4, 0.5) is 21.5 Å². The average Bonchev–Trinajstić information content (AvgIpc) is 2.95. The fourth-order valence-electron chi connectivity index (χ4n) is 3.12. The topological polar surface area (TPSA) is 53.8 Å². The van der Waals surface area contributed by atoms with Gasteiger partial charge in [0.15, 0.2) is 0 Å². The zero-order valence-electron chi connectivity index (χ0n) is 16.7. The van der Waals surface area contributed by atoms with E-state index >= 15 is 0 Å². The van der Waals surface area contributed by atoms with E-state index in [9.17, 15) is 9.18 Å². The third-order valence-electron chi connectivity index (χ3n) is 4.69. The largest absolute Gasteiger partial charge is 0.325 e. The van der Waals surface area contributed by atoms with Gasteiger partial charge in [-0.1, -0.05) is 35.9 Å². The Hall–Kier alpha value is -2.96. The predicted octanol–water partition coefficient (Wildman–Crippen LogP) is 6.71. The standard InChI is InChI=1S/C24H19ClFN3OS/c1-15-12-18(10-11-19(15)26)27-23(30)14-31-24-13-22(16-6-8-17(25)9-7-16)28-20-4-2-3-5-21(20)29-24/h2-12H,13-14H2,1H3,(H,27,30). The smallest absolute Gasteiger partial charge is 0.234 e. The quantitative estimate of drug-likeness (QED) is 0.479. The molecule has 0 atom stereocenters. The molecule has 0 aliphatic carbocycles. The van der Waals surface area contributed by atoms with Crippen LogP contribution < -0.4 is 5.32 Å². The van der Waals surface area contributed by atoms with Gasteiger partial charge in [0, 0.05) is 17.1 Å². The second kappa shape index (κ2) is 9.45. The van der Waals surface area contributed by atoms with Crippen LogP contribution in [0.15, 0.2) is 76.7 Å². The lowest BCUT2D eigenvalue weighted by Gasteiger charge is -2.09. The minimum Gasteiger partial charge on any atom is -0.325 e. The lowest BCUT2D eigenvalue weighted by Crippen LogP contribution is -2.16. The molecule has 0 fully saturated rings. The molecule has 1 amide bonds. The highest BCUT2D eigenvalue weighted by Gasteiger charge is 2.17. The number of nitrogens with one attached hydrogen (secondary N) is 1. The molecule has 1 heterocycles. The molecule has 4 nitrogen and oxygen atoms in total. The first-order chi connectivity index (χ1) is 15.0. The second-order valence-electron chi connectivity index (χ2n) is 7.04. The number of hydrogen-bond donors (Lipinski definition) is 1. The van der Waals surface area contributed by atoms with E-state index in [0.29, 0.717) is 22.7 Å². The Kier molecular flexibility index (Phi) is 6.49. The van der Waals surface area contributed by atoms with Gasteiger partial charge in [0.25, 0.3) is 0 Å². The van der Waals surface area contributed by atoms with Crippen LogP contribution in [-0.2, 0) is 4.79 Å². The monoisotopic (exact) mass is 451 g/mol. The summed E-state index contributed by atoms with van der Waals surface area (Å²) in [5.41, 5.74) is 4.43. The van der Waals surface area contributed by atoms with Gasteiger partial charge in [0.05, 0.1) is 27.9 Å². The summed E-state index contributed by atoms with van der Waals surface area (Å²) in [5.74, 6) is -0.292. The third-order valence-corrected chi connectivity index (χ3v) is 5.92. The second-order valence-corrected chi connectivity index (χ2v) is 8.52. The molecule has 156 valence electrons. The number of nitrogens with zero attached hydrogens (tertiary/aromatic N) is 2. The number of fused-ring (bicyclic) bond motifs is 1. The van der Waals surface area contributed by atoms with E-state index in [0.717, 1.165) is 27.7 Å². The van der Waals surface area contributed by atoms with Gasteiger partial charge in [0.2, 0.25) is 5.91 Å². The van der Waals surface area contributed by atoms with Crippen LogP contribution in [0, 0.1) is 12.7 Å². The summed E-state index contributed by atoms with van der Waals surface area (Å²) in [5, 5.41) is 4.26. The molecule has 1 aliphatic rings. The Morgan fingerprint density at radius 1 is 1.06 bits per heavy atom. The molecule has 0 unspecified atom stereocenters. The zero-order chi connectivity index (χ0) is 21.8. The summed E-state index contributed by atoms with van der Waals surface area (Å²) in [6.45, 7) is 1.66. The fourth-order valence-corrected chi connectivity index (χ4v) is 4.01. The lowest BCUT2D eigenvalue weighted by molar-refractivity contribution is -0.113. The Morgan fingerprint density at radius 2 is 1.77 bits per heavy atom. The van der Waals surface area contributed by atoms with Crippen molar-refractivity contribution >= 4 is 57.1 Å². The summed E-state index contributed by atoms with van der Waals surface area (Å²) < 4.78 is 13.4. The van der Waals surface area contributed by atoms with Crippen molar-refractivity contribution in [1.29, 1.82) is 0 Å². The first-order valence-corrected chi connectivity index (χ1v) is 11.0. The van der Waals surface area contributed by atoms with Gasteiger partial charge in [-0.25, -0.2) is 9.38 Å². The molecule has 3 aromatic rings. The van der Waals surface area contributed by atoms with Gasteiger partial charge in [0.1, 0.15) is 5.82 Å². The maximum Gasteiger partial charge on any atom is 0.234 e. The Labute approximate surface area is 189 Å². The van der Waals surface area contributed by atoms with Crippen LogP contribution in [0.1, 0.15) is 17.5 Å². The van der Waals surface area contributed by atoms with E-state index in [1.807, 2.05) is 48.5 Å². The van der Waals surface area contributed by atoms with Gasteiger partial charge >= 0.3 is 0 Å². The van der Waals surface area contributed by atoms with E-state index in [1.54, 1.807) is 19.1 Å². The fraction of sp³-hybridized carbons (Fsp3) is 0.125. The Balaban J connectivity index is 1.51. The summed E-state index contributed by atoms with van der Waals surface area (Å²) in [4.78, 5) is 22.0. The minimum absolute atomic E-state index is 0.179. The van der Waals surface area contributed by atoms with Crippen molar-refractivity contribution in [3.8, 4) is 0 Å². The Bertz CT molecular complexity index is 1190. The number of aliphatic imine (C=N–C) groups is 2. The molecule has 0 spiro atoms. The number of hydrogen-bond acceptors (Lipinski definition) is 4. The van der Waals surface area contributed by atoms with E-state index in [2.05, 4.69) is 5.32 Å². The number of benzene rings is 3. The molecule has 0 saturated carbocycles. The summed E-state index contributed by atoms with van der Waals surface area (Å²) in [7, 11) is 0. The minimum atomic E-state index is -0.298. The van der Waals surface area contributed by atoms with E-state index < -0.39 is 0 Å². The number of aryl methyl sites for hydroxylation is 1. The molecule has 7 heteroatoms. The summed E-state index contributed by atoms with van der Waals surface area (Å²) in [6.07, 6.45) is 0.504. The maximum absolute atomic E-state index is 13.4. The number of carbonyl (C=O) groups is 1. The SMILES string of the molecule is Cc1cc(NC(=O)CSC2=Nc3ccccc3N=C(c3ccc(Cl)cc3)C2)ccc1F. The summed E-state index contributed by atoms with van der Waals surface area (Å²) in [6, 6.07) is 19.7. The molecule has 1 N–H and O–H groups in total. The number of para-hydroxylation sites is 2. The number of thioether (sulfide) groups is 1. The van der Waals surface area contributed by atoms with Crippen LogP contribution >= 0.6 is 23.4 Å². The number of amides is 1. The molecule has 0 radical (unpaired) electrons. The number of halogens is 2. The van der Waals surface area contributed by atoms with Crippen LogP contribution in [-0.4, -0.2) is 22.4 Å². The van der Waals surface area contributed by atoms with E-state index in [4.69, 9.17) is 21.6 Å². The van der Waals surface area contributed by atoms with Gasteiger partial charge in [-0.2, -0.15) is 0 Å². The van der Waals surface area contributed by atoms with Crippen molar-refractivity contribution in [1.82, 2.24) is 0 Å². The Morgan fingerprint density at radius 3 is 2.48 bits per heavy atom. The third kappa shape index (κ3) is 5.40. The van der Waals surface area contributed by atoms with Crippen LogP contribution in [0.25, 0.3) is 0 Å². The van der Waals surface area contributed by atoms with Crippen LogP contribution in [0.5, 0.6) is 0 Å². The van der Waals surface area contributed by atoms with Crippen molar-refractivity contribution < 1.29 is 9.18 Å². The van der Waals surface area contributed by atoms with Gasteiger partial charge < -0.3 is 5.32 Å². The van der Waals surface area contributed by atoms with Gasteiger partial charge in [-0.15, -0.1) is 11.8 Å². The lowest BCUT2D eigenvalue weighted by atomic mass is 10.1. The van der Waals surface area contributed by atoms with Crippen molar-refractivity contribution in [3.63, 3.8) is 0 Å². The molecule has 31 heavy (non-hydrogen) atoms. The van der Waals surface area contributed by atoms with Crippen molar-refractivity contribution in [2.24, 2.45) is 9.98 Å². The van der Waals surface area contributed by atoms with Crippen molar-refractivity contribution in [2.45, 2.75) is 13.3 Å². The van der Waals surface area contributed by atoms with Crippen molar-refractivity contribution in [3.05, 3.63) is 88.7 Å². The molecule has 1 aliphatic heterocycles. The first kappa shape index (κ1) is 21.3. The number of anilines is 1. The zero-order valence-corrected chi connectivity index (χ0v) is 18.3. The highest BCUT2D eigenvalue weighted by Crippen LogP contribution is 2.33.